The van der Waals surface area contributed by atoms with Gasteiger partial charge in [-0.1, -0.05) is 0 Å². The minimum atomic E-state index is -0.483. The number of hydrogen-bond donors (Lipinski definition) is 1. The van der Waals surface area contributed by atoms with Crippen molar-refractivity contribution in [1.29, 1.82) is 0 Å². The fourth-order valence-electron chi connectivity index (χ4n) is 1.36. The van der Waals surface area contributed by atoms with Crippen molar-refractivity contribution < 1.29 is 5.11 Å². The average Bonchev–Trinajstić information content (AvgIpc) is 2.65. The molecule has 2 aromatic heterocycles. The van der Waals surface area contributed by atoms with Crippen LogP contribution in [0.4, 0.5) is 0 Å². The van der Waals surface area contributed by atoms with Gasteiger partial charge in [-0.25, -0.2) is 9.67 Å². The number of aromatic nitrogens is 3. The number of aliphatic hydroxyl groups is 1. The van der Waals surface area contributed by atoms with E-state index in [0.29, 0.717) is 0 Å². The molecule has 4 nitrogen and oxygen atoms in total. The van der Waals surface area contributed by atoms with Crippen LogP contribution < -0.4 is 0 Å². The fourth-order valence-corrected chi connectivity index (χ4v) is 1.36. The molecular weight excluding hydrogens is 190 g/mol. The lowest BCUT2D eigenvalue weighted by Crippen LogP contribution is -2.00. The van der Waals surface area contributed by atoms with Gasteiger partial charge in [-0.2, -0.15) is 5.10 Å². The summed E-state index contributed by atoms with van der Waals surface area (Å²) in [7, 11) is 0. The van der Waals surface area contributed by atoms with E-state index < -0.39 is 6.10 Å². The van der Waals surface area contributed by atoms with Crippen LogP contribution >= 0.6 is 0 Å². The van der Waals surface area contributed by atoms with Gasteiger partial charge in [0.1, 0.15) is 0 Å². The number of nitrogens with zero attached hydrogens (tertiary/aromatic N) is 3. The predicted molar refractivity (Wildman–Crippen MR) is 56.7 cm³/mol. The third-order valence-electron chi connectivity index (χ3n) is 2.20. The molecule has 0 aliphatic heterocycles. The normalized spacial score (nSPS) is 12.7. The first-order valence-corrected chi connectivity index (χ1v) is 4.82. The summed E-state index contributed by atoms with van der Waals surface area (Å²) in [6.07, 6.45) is 4.86. The lowest BCUT2D eigenvalue weighted by molar-refractivity contribution is 0.199. The summed E-state index contributed by atoms with van der Waals surface area (Å²) in [5, 5.41) is 13.6. The summed E-state index contributed by atoms with van der Waals surface area (Å²) in [4.78, 5) is 4.19. The van der Waals surface area contributed by atoms with Crippen molar-refractivity contribution in [2.75, 3.05) is 0 Å². The fraction of sp³-hybridized carbons (Fsp3) is 0.273. The largest absolute Gasteiger partial charge is 0.389 e. The molecular formula is C11H13N3O. The molecule has 0 bridgehead atoms. The first kappa shape index (κ1) is 9.86. The maximum Gasteiger partial charge on any atom is 0.153 e. The topological polar surface area (TPSA) is 50.9 Å². The van der Waals surface area contributed by atoms with Gasteiger partial charge in [0.25, 0.3) is 0 Å². The zero-order chi connectivity index (χ0) is 10.8. The summed E-state index contributed by atoms with van der Waals surface area (Å²) >= 11 is 0. The van der Waals surface area contributed by atoms with Crippen LogP contribution in [0, 0.1) is 6.92 Å². The number of aryl methyl sites for hydroxylation is 1. The zero-order valence-electron chi connectivity index (χ0n) is 8.75. The van der Waals surface area contributed by atoms with Crippen molar-refractivity contribution in [3.63, 3.8) is 0 Å². The van der Waals surface area contributed by atoms with Gasteiger partial charge in [0.2, 0.25) is 0 Å². The maximum atomic E-state index is 9.44. The van der Waals surface area contributed by atoms with Crippen LogP contribution in [0.2, 0.25) is 0 Å². The molecule has 1 atom stereocenters. The quantitative estimate of drug-likeness (QED) is 0.807. The molecule has 1 unspecified atom stereocenters. The summed E-state index contributed by atoms with van der Waals surface area (Å²) in [5.41, 5.74) is 1.92. The Labute approximate surface area is 88.2 Å². The van der Waals surface area contributed by atoms with Crippen LogP contribution in [0.5, 0.6) is 0 Å². The van der Waals surface area contributed by atoms with Crippen LogP contribution in [0.3, 0.4) is 0 Å². The first-order chi connectivity index (χ1) is 7.16. The Balaban J connectivity index is 2.41. The second kappa shape index (κ2) is 3.82. The van der Waals surface area contributed by atoms with E-state index in [9.17, 15) is 5.11 Å². The van der Waals surface area contributed by atoms with Crippen molar-refractivity contribution in [1.82, 2.24) is 14.8 Å². The van der Waals surface area contributed by atoms with Gasteiger partial charge in [-0.3, -0.25) is 0 Å². The predicted octanol–water partition coefficient (Wildman–Crippen LogP) is 1.63. The van der Waals surface area contributed by atoms with E-state index in [-0.39, 0.29) is 0 Å². The van der Waals surface area contributed by atoms with Crippen LogP contribution in [-0.2, 0) is 0 Å². The van der Waals surface area contributed by atoms with Crippen LogP contribution in [0.25, 0.3) is 5.82 Å². The molecule has 0 fully saturated rings. The number of aliphatic hydroxyl groups excluding tert-OH is 1. The molecule has 2 heterocycles. The van der Waals surface area contributed by atoms with Crippen molar-refractivity contribution in [2.45, 2.75) is 20.0 Å². The molecule has 0 saturated heterocycles. The van der Waals surface area contributed by atoms with Crippen LogP contribution in [0.1, 0.15) is 24.2 Å². The molecule has 0 aromatic carbocycles. The molecule has 0 radical (unpaired) electrons. The minimum Gasteiger partial charge on any atom is -0.389 e. The Morgan fingerprint density at radius 1 is 1.47 bits per heavy atom. The third-order valence-corrected chi connectivity index (χ3v) is 2.20. The Bertz CT molecular complexity index is 462. The number of hydrogen-bond acceptors (Lipinski definition) is 3. The summed E-state index contributed by atoms with van der Waals surface area (Å²) in [6.45, 7) is 3.70. The van der Waals surface area contributed by atoms with Gasteiger partial charge in [0, 0.05) is 12.4 Å². The van der Waals surface area contributed by atoms with Crippen molar-refractivity contribution in [3.05, 3.63) is 41.9 Å². The Morgan fingerprint density at radius 2 is 2.27 bits per heavy atom. The van der Waals surface area contributed by atoms with Crippen molar-refractivity contribution >= 4 is 0 Å². The van der Waals surface area contributed by atoms with E-state index in [1.807, 2.05) is 19.2 Å². The van der Waals surface area contributed by atoms with Gasteiger partial charge < -0.3 is 5.11 Å². The molecule has 15 heavy (non-hydrogen) atoms. The van der Waals surface area contributed by atoms with Gasteiger partial charge in [0.15, 0.2) is 5.82 Å². The van der Waals surface area contributed by atoms with Gasteiger partial charge in [0.05, 0.1) is 12.3 Å². The molecule has 0 aliphatic rings. The van der Waals surface area contributed by atoms with E-state index in [4.69, 9.17) is 0 Å². The zero-order valence-corrected chi connectivity index (χ0v) is 8.75. The maximum absolute atomic E-state index is 9.44. The molecule has 0 spiro atoms. The van der Waals surface area contributed by atoms with E-state index in [1.54, 1.807) is 30.1 Å². The Morgan fingerprint density at radius 3 is 2.87 bits per heavy atom. The molecule has 2 aromatic rings. The lowest BCUT2D eigenvalue weighted by Gasteiger charge is -2.06. The van der Waals surface area contributed by atoms with Crippen molar-refractivity contribution in [3.8, 4) is 5.82 Å². The summed E-state index contributed by atoms with van der Waals surface area (Å²) < 4.78 is 1.70. The highest BCUT2D eigenvalue weighted by Gasteiger charge is 2.04. The lowest BCUT2D eigenvalue weighted by atomic mass is 10.2. The van der Waals surface area contributed by atoms with Crippen molar-refractivity contribution in [2.24, 2.45) is 0 Å². The molecule has 1 N–H and O–H groups in total. The average molecular weight is 203 g/mol. The second-order valence-corrected chi connectivity index (χ2v) is 3.59. The highest BCUT2D eigenvalue weighted by atomic mass is 16.3. The molecule has 4 heteroatoms. The molecule has 78 valence electrons. The standard InChI is InChI=1S/C11H13N3O/c1-8-6-13-14(7-8)11-5-10(9(2)15)3-4-12-11/h3-7,9,15H,1-2H3. The highest BCUT2D eigenvalue weighted by Crippen LogP contribution is 2.14. The SMILES string of the molecule is Cc1cnn(-c2cc(C(C)O)ccn2)c1. The monoisotopic (exact) mass is 203 g/mol. The van der Waals surface area contributed by atoms with Crippen LogP contribution in [-0.4, -0.2) is 19.9 Å². The van der Waals surface area contributed by atoms with E-state index in [0.717, 1.165) is 16.9 Å². The smallest absolute Gasteiger partial charge is 0.153 e. The van der Waals surface area contributed by atoms with E-state index >= 15 is 0 Å². The summed E-state index contributed by atoms with van der Waals surface area (Å²) in [5.74, 6) is 0.724. The Hall–Kier alpha value is -1.68. The van der Waals surface area contributed by atoms with E-state index in [2.05, 4.69) is 10.1 Å². The second-order valence-electron chi connectivity index (χ2n) is 3.59. The Kier molecular flexibility index (Phi) is 2.51. The molecule has 2 rings (SSSR count). The highest BCUT2D eigenvalue weighted by molar-refractivity contribution is 5.28. The number of rotatable bonds is 2. The van der Waals surface area contributed by atoms with E-state index in [1.165, 1.54) is 0 Å². The first-order valence-electron chi connectivity index (χ1n) is 4.82. The third kappa shape index (κ3) is 2.05. The molecule has 0 aliphatic carbocycles. The van der Waals surface area contributed by atoms with Gasteiger partial charge in [-0.05, 0) is 37.1 Å². The molecule has 0 amide bonds. The van der Waals surface area contributed by atoms with Crippen LogP contribution in [0.15, 0.2) is 30.7 Å². The summed E-state index contributed by atoms with van der Waals surface area (Å²) in [6, 6.07) is 3.63. The number of pyridine rings is 1. The molecule has 0 saturated carbocycles. The van der Waals surface area contributed by atoms with Gasteiger partial charge in [-0.15, -0.1) is 0 Å². The minimum absolute atomic E-state index is 0.483. The van der Waals surface area contributed by atoms with Gasteiger partial charge >= 0.3 is 0 Å².